The van der Waals surface area contributed by atoms with Gasteiger partial charge in [0, 0.05) is 18.5 Å². The normalized spacial score (nSPS) is 15.9. The number of fused-ring (bicyclic) bond motifs is 1. The Kier molecular flexibility index (Phi) is 5.56. The summed E-state index contributed by atoms with van der Waals surface area (Å²) in [6.45, 7) is 7.66. The van der Waals surface area contributed by atoms with Crippen molar-refractivity contribution in [1.82, 2.24) is 9.88 Å². The molecule has 1 saturated heterocycles. The number of pyridine rings is 1. The number of rotatable bonds is 3. The molecule has 3 rings (SSSR count). The van der Waals surface area contributed by atoms with Gasteiger partial charge in [0.1, 0.15) is 22.0 Å². The number of para-hydroxylation sites is 1. The maximum Gasteiger partial charge on any atom is 0.410 e. The second kappa shape index (κ2) is 7.70. The minimum Gasteiger partial charge on any atom is -0.491 e. The van der Waals surface area contributed by atoms with Gasteiger partial charge in [-0.15, -0.1) is 0 Å². The highest BCUT2D eigenvalue weighted by Crippen LogP contribution is 2.27. The second-order valence-electron chi connectivity index (χ2n) is 7.68. The number of amides is 1. The number of likely N-dealkylation sites (tertiary alicyclic amines) is 1. The molecule has 0 aliphatic carbocycles. The maximum absolute atomic E-state index is 12.1. The largest absolute Gasteiger partial charge is 0.491 e. The fourth-order valence-electron chi connectivity index (χ4n) is 3.03. The van der Waals surface area contributed by atoms with Gasteiger partial charge in [-0.25, -0.2) is 9.78 Å². The van der Waals surface area contributed by atoms with Crippen molar-refractivity contribution in [2.24, 2.45) is 5.92 Å². The molecule has 2 heterocycles. The lowest BCUT2D eigenvalue weighted by molar-refractivity contribution is 0.0165. The number of hydrogen-bond donors (Lipinski definition) is 0. The van der Waals surface area contributed by atoms with Gasteiger partial charge < -0.3 is 14.4 Å². The van der Waals surface area contributed by atoms with E-state index in [1.165, 1.54) is 0 Å². The first-order valence-electron chi connectivity index (χ1n) is 8.98. The van der Waals surface area contributed by atoms with E-state index in [-0.39, 0.29) is 6.09 Å². The summed E-state index contributed by atoms with van der Waals surface area (Å²) in [7, 11) is 0. The van der Waals surface area contributed by atoms with E-state index in [0.29, 0.717) is 30.8 Å². The first kappa shape index (κ1) is 18.8. The summed E-state index contributed by atoms with van der Waals surface area (Å²) >= 11 is 6.01. The summed E-state index contributed by atoms with van der Waals surface area (Å²) in [4.78, 5) is 18.3. The van der Waals surface area contributed by atoms with E-state index in [9.17, 15) is 4.79 Å². The number of halogens is 1. The van der Waals surface area contributed by atoms with Gasteiger partial charge in [0.05, 0.1) is 6.61 Å². The predicted octanol–water partition coefficient (Wildman–Crippen LogP) is 4.91. The van der Waals surface area contributed by atoms with Gasteiger partial charge in [0.15, 0.2) is 0 Å². The van der Waals surface area contributed by atoms with Crippen LogP contribution in [-0.2, 0) is 4.74 Å². The third kappa shape index (κ3) is 4.79. The van der Waals surface area contributed by atoms with E-state index < -0.39 is 5.60 Å². The Hall–Kier alpha value is -2.01. The third-order valence-corrected chi connectivity index (χ3v) is 4.60. The van der Waals surface area contributed by atoms with Crippen molar-refractivity contribution in [3.63, 3.8) is 0 Å². The molecule has 26 heavy (non-hydrogen) atoms. The lowest BCUT2D eigenvalue weighted by atomic mass is 9.98. The van der Waals surface area contributed by atoms with Crippen molar-refractivity contribution in [3.8, 4) is 5.75 Å². The second-order valence-corrected chi connectivity index (χ2v) is 8.07. The average Bonchev–Trinajstić information content (AvgIpc) is 2.59. The summed E-state index contributed by atoms with van der Waals surface area (Å²) in [5.41, 5.74) is 0.325. The predicted molar refractivity (Wildman–Crippen MR) is 103 cm³/mol. The Morgan fingerprint density at radius 1 is 1.23 bits per heavy atom. The number of nitrogens with zero attached hydrogens (tertiary/aromatic N) is 2. The molecule has 1 aliphatic rings. The van der Waals surface area contributed by atoms with Crippen LogP contribution in [0.3, 0.4) is 0 Å². The zero-order chi connectivity index (χ0) is 18.7. The van der Waals surface area contributed by atoms with Crippen LogP contribution in [0.1, 0.15) is 33.6 Å². The summed E-state index contributed by atoms with van der Waals surface area (Å²) in [5.74, 6) is 1.16. The zero-order valence-electron chi connectivity index (χ0n) is 15.5. The first-order valence-corrected chi connectivity index (χ1v) is 9.35. The molecule has 0 unspecified atom stereocenters. The highest BCUT2D eigenvalue weighted by molar-refractivity contribution is 6.29. The molecule has 0 bridgehead atoms. The Labute approximate surface area is 159 Å². The van der Waals surface area contributed by atoms with Gasteiger partial charge in [-0.3, -0.25) is 0 Å². The minimum absolute atomic E-state index is 0.232. The molecule has 140 valence electrons. The van der Waals surface area contributed by atoms with Crippen molar-refractivity contribution >= 4 is 28.6 Å². The van der Waals surface area contributed by atoms with Crippen molar-refractivity contribution in [3.05, 3.63) is 35.5 Å². The molecule has 0 atom stereocenters. The smallest absolute Gasteiger partial charge is 0.410 e. The molecule has 1 aliphatic heterocycles. The standard InChI is InChI=1S/C20H25ClN2O3/c1-20(2,3)26-19(24)23-11-9-14(10-12-23)13-25-16-6-4-5-15-7-8-17(21)22-18(15)16/h4-8,14H,9-13H2,1-3H3. The van der Waals surface area contributed by atoms with Crippen LogP contribution in [0.2, 0.25) is 5.15 Å². The van der Waals surface area contributed by atoms with E-state index in [2.05, 4.69) is 4.98 Å². The highest BCUT2D eigenvalue weighted by Gasteiger charge is 2.27. The van der Waals surface area contributed by atoms with Gasteiger partial charge in [-0.2, -0.15) is 0 Å². The SMILES string of the molecule is CC(C)(C)OC(=O)N1CCC(COc2cccc3ccc(Cl)nc23)CC1. The molecular weight excluding hydrogens is 352 g/mol. The van der Waals surface area contributed by atoms with E-state index in [4.69, 9.17) is 21.1 Å². The van der Waals surface area contributed by atoms with Gasteiger partial charge in [-0.1, -0.05) is 23.7 Å². The summed E-state index contributed by atoms with van der Waals surface area (Å²) in [6, 6.07) is 9.58. The monoisotopic (exact) mass is 376 g/mol. The fraction of sp³-hybridized carbons (Fsp3) is 0.500. The molecular formula is C20H25ClN2O3. The van der Waals surface area contributed by atoms with E-state index in [0.717, 1.165) is 29.5 Å². The Morgan fingerprint density at radius 3 is 2.65 bits per heavy atom. The van der Waals surface area contributed by atoms with E-state index in [1.807, 2.05) is 45.0 Å². The summed E-state index contributed by atoms with van der Waals surface area (Å²) < 4.78 is 11.5. The molecule has 1 aromatic heterocycles. The topological polar surface area (TPSA) is 51.7 Å². The van der Waals surface area contributed by atoms with Crippen LogP contribution in [0, 0.1) is 5.92 Å². The Balaban J connectivity index is 1.55. The van der Waals surface area contributed by atoms with Gasteiger partial charge in [0.25, 0.3) is 0 Å². The van der Waals surface area contributed by atoms with Crippen LogP contribution in [0.5, 0.6) is 5.75 Å². The lowest BCUT2D eigenvalue weighted by Gasteiger charge is -2.33. The fourth-order valence-corrected chi connectivity index (χ4v) is 3.18. The number of carbonyl (C=O) groups excluding carboxylic acids is 1. The number of piperidine rings is 1. The highest BCUT2D eigenvalue weighted by atomic mass is 35.5. The van der Waals surface area contributed by atoms with Crippen LogP contribution in [0.4, 0.5) is 4.79 Å². The van der Waals surface area contributed by atoms with Crippen molar-refractivity contribution in [2.45, 2.75) is 39.2 Å². The van der Waals surface area contributed by atoms with Crippen LogP contribution >= 0.6 is 11.6 Å². The van der Waals surface area contributed by atoms with Crippen LogP contribution in [-0.4, -0.2) is 41.3 Å². The Bertz CT molecular complexity index is 780. The van der Waals surface area contributed by atoms with Gasteiger partial charge in [0.2, 0.25) is 0 Å². The number of aromatic nitrogens is 1. The number of carbonyl (C=O) groups is 1. The minimum atomic E-state index is -0.459. The number of ether oxygens (including phenoxy) is 2. The molecule has 0 radical (unpaired) electrons. The van der Waals surface area contributed by atoms with Crippen molar-refractivity contribution in [1.29, 1.82) is 0 Å². The molecule has 0 N–H and O–H groups in total. The number of benzene rings is 1. The summed E-state index contributed by atoms with van der Waals surface area (Å²) in [5, 5.41) is 1.46. The Morgan fingerprint density at radius 2 is 1.96 bits per heavy atom. The third-order valence-electron chi connectivity index (χ3n) is 4.39. The molecule has 2 aromatic rings. The maximum atomic E-state index is 12.1. The van der Waals surface area contributed by atoms with Gasteiger partial charge >= 0.3 is 6.09 Å². The molecule has 1 fully saturated rings. The molecule has 0 spiro atoms. The molecule has 0 saturated carbocycles. The van der Waals surface area contributed by atoms with Crippen LogP contribution in [0.15, 0.2) is 30.3 Å². The zero-order valence-corrected chi connectivity index (χ0v) is 16.3. The van der Waals surface area contributed by atoms with Crippen LogP contribution in [0.25, 0.3) is 10.9 Å². The molecule has 6 heteroatoms. The first-order chi connectivity index (χ1) is 12.3. The number of hydrogen-bond acceptors (Lipinski definition) is 4. The average molecular weight is 377 g/mol. The molecule has 1 aromatic carbocycles. The van der Waals surface area contributed by atoms with Gasteiger partial charge in [-0.05, 0) is 57.7 Å². The van der Waals surface area contributed by atoms with Crippen molar-refractivity contribution in [2.75, 3.05) is 19.7 Å². The molecule has 1 amide bonds. The van der Waals surface area contributed by atoms with E-state index in [1.54, 1.807) is 11.0 Å². The van der Waals surface area contributed by atoms with E-state index >= 15 is 0 Å². The van der Waals surface area contributed by atoms with Crippen molar-refractivity contribution < 1.29 is 14.3 Å². The lowest BCUT2D eigenvalue weighted by Crippen LogP contribution is -2.42. The quantitative estimate of drug-likeness (QED) is 0.714. The summed E-state index contributed by atoms with van der Waals surface area (Å²) in [6.07, 6.45) is 1.57. The molecule has 5 nitrogen and oxygen atoms in total. The van der Waals surface area contributed by atoms with Crippen LogP contribution < -0.4 is 4.74 Å².